The fourth-order valence-electron chi connectivity index (χ4n) is 3.16. The second-order valence-electron chi connectivity index (χ2n) is 6.43. The first-order chi connectivity index (χ1) is 12.1. The standard InChI is InChI=1S/C18H19N3O3S/c1-10-5-14(24-21-10)6-13-8-23-9-16(13)20-18(22)12-3-4-15-17(7-12)25-11(2)19-15/h3-5,7,13,16H,6,8-9H2,1-2H3,(H,20,22)/t13-,16+/m1/s1. The molecular weight excluding hydrogens is 338 g/mol. The van der Waals surface area contributed by atoms with Gasteiger partial charge in [0.1, 0.15) is 5.76 Å². The van der Waals surface area contributed by atoms with E-state index < -0.39 is 0 Å². The number of nitrogens with one attached hydrogen (secondary N) is 1. The van der Waals surface area contributed by atoms with Crippen LogP contribution < -0.4 is 5.32 Å². The lowest BCUT2D eigenvalue weighted by Gasteiger charge is -2.18. The predicted molar refractivity (Wildman–Crippen MR) is 94.9 cm³/mol. The zero-order valence-corrected chi connectivity index (χ0v) is 14.9. The number of carbonyl (C=O) groups excluding carboxylic acids is 1. The summed E-state index contributed by atoms with van der Waals surface area (Å²) in [6.45, 7) is 4.99. The Kier molecular flexibility index (Phi) is 4.27. The van der Waals surface area contributed by atoms with Gasteiger partial charge in [-0.3, -0.25) is 4.79 Å². The van der Waals surface area contributed by atoms with E-state index in [0.717, 1.165) is 26.7 Å². The third kappa shape index (κ3) is 3.43. The number of benzene rings is 1. The highest BCUT2D eigenvalue weighted by atomic mass is 32.1. The second-order valence-corrected chi connectivity index (χ2v) is 7.67. The molecule has 3 aromatic rings. The highest BCUT2D eigenvalue weighted by Crippen LogP contribution is 2.24. The third-order valence-electron chi connectivity index (χ3n) is 4.41. The molecule has 1 fully saturated rings. The average Bonchev–Trinajstić information content (AvgIpc) is 3.27. The number of nitrogens with zero attached hydrogens (tertiary/aromatic N) is 2. The molecule has 7 heteroatoms. The molecule has 0 saturated carbocycles. The molecule has 0 unspecified atom stereocenters. The van der Waals surface area contributed by atoms with Crippen LogP contribution in [0.3, 0.4) is 0 Å². The van der Waals surface area contributed by atoms with E-state index in [-0.39, 0.29) is 17.9 Å². The molecule has 1 aliphatic heterocycles. The number of carbonyl (C=O) groups is 1. The lowest BCUT2D eigenvalue weighted by Crippen LogP contribution is -2.40. The molecule has 4 rings (SSSR count). The topological polar surface area (TPSA) is 77.2 Å². The van der Waals surface area contributed by atoms with Crippen LogP contribution in [0.2, 0.25) is 0 Å². The molecule has 130 valence electrons. The largest absolute Gasteiger partial charge is 0.379 e. The number of hydrogen-bond acceptors (Lipinski definition) is 6. The van der Waals surface area contributed by atoms with Crippen molar-refractivity contribution in [1.82, 2.24) is 15.5 Å². The van der Waals surface area contributed by atoms with Crippen molar-refractivity contribution < 1.29 is 14.1 Å². The van der Waals surface area contributed by atoms with Gasteiger partial charge in [-0.1, -0.05) is 5.16 Å². The fourth-order valence-corrected chi connectivity index (χ4v) is 4.03. The fraction of sp³-hybridized carbons (Fsp3) is 0.389. The summed E-state index contributed by atoms with van der Waals surface area (Å²) in [4.78, 5) is 17.1. The molecule has 2 aromatic heterocycles. The molecular formula is C18H19N3O3S. The molecule has 3 heterocycles. The summed E-state index contributed by atoms with van der Waals surface area (Å²) in [6, 6.07) is 7.52. The summed E-state index contributed by atoms with van der Waals surface area (Å²) < 4.78 is 11.9. The van der Waals surface area contributed by atoms with Crippen LogP contribution in [0.5, 0.6) is 0 Å². The third-order valence-corrected chi connectivity index (χ3v) is 5.35. The molecule has 2 atom stereocenters. The predicted octanol–water partition coefficient (Wildman–Crippen LogP) is 2.89. The van der Waals surface area contributed by atoms with Crippen molar-refractivity contribution in [2.24, 2.45) is 5.92 Å². The molecule has 1 N–H and O–H groups in total. The van der Waals surface area contributed by atoms with Gasteiger partial charge in [0.2, 0.25) is 0 Å². The van der Waals surface area contributed by atoms with Gasteiger partial charge in [0.25, 0.3) is 5.91 Å². The zero-order valence-electron chi connectivity index (χ0n) is 14.1. The van der Waals surface area contributed by atoms with Crippen LogP contribution in [-0.4, -0.2) is 35.3 Å². The Morgan fingerprint density at radius 3 is 3.00 bits per heavy atom. The first-order valence-electron chi connectivity index (χ1n) is 8.26. The van der Waals surface area contributed by atoms with E-state index in [1.54, 1.807) is 11.3 Å². The highest BCUT2D eigenvalue weighted by molar-refractivity contribution is 7.18. The lowest BCUT2D eigenvalue weighted by atomic mass is 9.98. The molecule has 1 saturated heterocycles. The average molecular weight is 357 g/mol. The van der Waals surface area contributed by atoms with Crippen LogP contribution in [0, 0.1) is 19.8 Å². The zero-order chi connectivity index (χ0) is 17.4. The number of thiazole rings is 1. The second kappa shape index (κ2) is 6.57. The van der Waals surface area contributed by atoms with Crippen molar-refractivity contribution in [3.05, 3.63) is 46.3 Å². The van der Waals surface area contributed by atoms with Crippen LogP contribution >= 0.6 is 11.3 Å². The van der Waals surface area contributed by atoms with Gasteiger partial charge in [-0.2, -0.15) is 0 Å². The van der Waals surface area contributed by atoms with E-state index in [9.17, 15) is 4.79 Å². The molecule has 6 nitrogen and oxygen atoms in total. The SMILES string of the molecule is Cc1cc(C[C@@H]2COC[C@@H]2NC(=O)c2ccc3nc(C)sc3c2)on1. The Morgan fingerprint density at radius 2 is 2.20 bits per heavy atom. The summed E-state index contributed by atoms with van der Waals surface area (Å²) in [5, 5.41) is 8.02. The molecule has 1 amide bonds. The van der Waals surface area contributed by atoms with E-state index in [1.165, 1.54) is 0 Å². The van der Waals surface area contributed by atoms with E-state index in [4.69, 9.17) is 9.26 Å². The first kappa shape index (κ1) is 16.2. The van der Waals surface area contributed by atoms with Gasteiger partial charge < -0.3 is 14.6 Å². The summed E-state index contributed by atoms with van der Waals surface area (Å²) in [5.41, 5.74) is 2.45. The Morgan fingerprint density at radius 1 is 1.32 bits per heavy atom. The van der Waals surface area contributed by atoms with Crippen LogP contribution in [0.15, 0.2) is 28.8 Å². The number of amides is 1. The maximum atomic E-state index is 12.6. The van der Waals surface area contributed by atoms with Crippen LogP contribution in [0.25, 0.3) is 10.2 Å². The van der Waals surface area contributed by atoms with Gasteiger partial charge in [0.05, 0.1) is 40.2 Å². The number of rotatable bonds is 4. The minimum atomic E-state index is -0.0813. The van der Waals surface area contributed by atoms with Crippen molar-refractivity contribution in [3.63, 3.8) is 0 Å². The normalized spacial score (nSPS) is 20.2. The molecule has 25 heavy (non-hydrogen) atoms. The molecule has 1 aliphatic rings. The van der Waals surface area contributed by atoms with Crippen LogP contribution in [0.1, 0.15) is 26.8 Å². The maximum absolute atomic E-state index is 12.6. The number of aromatic nitrogens is 2. The van der Waals surface area contributed by atoms with Gasteiger partial charge in [-0.05, 0) is 32.0 Å². The van der Waals surface area contributed by atoms with Crippen LogP contribution in [-0.2, 0) is 11.2 Å². The quantitative estimate of drug-likeness (QED) is 0.777. The number of ether oxygens (including phenoxy) is 1. The van der Waals surface area contributed by atoms with E-state index in [2.05, 4.69) is 15.5 Å². The minimum Gasteiger partial charge on any atom is -0.379 e. The van der Waals surface area contributed by atoms with Gasteiger partial charge in [-0.15, -0.1) is 11.3 Å². The Bertz CT molecular complexity index is 917. The molecule has 0 aliphatic carbocycles. The van der Waals surface area contributed by atoms with Crippen LogP contribution in [0.4, 0.5) is 0 Å². The van der Waals surface area contributed by atoms with Gasteiger partial charge in [0, 0.05) is 24.0 Å². The van der Waals surface area contributed by atoms with E-state index in [1.807, 2.05) is 38.1 Å². The number of hydrogen-bond donors (Lipinski definition) is 1. The highest BCUT2D eigenvalue weighted by Gasteiger charge is 2.31. The van der Waals surface area contributed by atoms with E-state index >= 15 is 0 Å². The summed E-state index contributed by atoms with van der Waals surface area (Å²) in [6.07, 6.45) is 0.707. The van der Waals surface area contributed by atoms with E-state index in [0.29, 0.717) is 25.2 Å². The Labute approximate surface area is 149 Å². The molecule has 1 aromatic carbocycles. The van der Waals surface area contributed by atoms with Crippen molar-refractivity contribution in [2.45, 2.75) is 26.3 Å². The minimum absolute atomic E-state index is 0.0307. The van der Waals surface area contributed by atoms with Gasteiger partial charge >= 0.3 is 0 Å². The first-order valence-corrected chi connectivity index (χ1v) is 9.08. The summed E-state index contributed by atoms with van der Waals surface area (Å²) >= 11 is 1.60. The number of fused-ring (bicyclic) bond motifs is 1. The van der Waals surface area contributed by atoms with Crippen molar-refractivity contribution in [1.29, 1.82) is 0 Å². The Balaban J connectivity index is 1.46. The monoisotopic (exact) mass is 357 g/mol. The number of aryl methyl sites for hydroxylation is 2. The van der Waals surface area contributed by atoms with Crippen molar-refractivity contribution in [2.75, 3.05) is 13.2 Å². The molecule has 0 radical (unpaired) electrons. The van der Waals surface area contributed by atoms with Crippen molar-refractivity contribution >= 4 is 27.5 Å². The maximum Gasteiger partial charge on any atom is 0.251 e. The molecule has 0 bridgehead atoms. The van der Waals surface area contributed by atoms with Gasteiger partial charge in [-0.25, -0.2) is 4.98 Å². The van der Waals surface area contributed by atoms with Crippen molar-refractivity contribution in [3.8, 4) is 0 Å². The Hall–Kier alpha value is -2.25. The summed E-state index contributed by atoms with van der Waals surface area (Å²) in [5.74, 6) is 0.932. The lowest BCUT2D eigenvalue weighted by molar-refractivity contribution is 0.0924. The molecule has 0 spiro atoms. The summed E-state index contributed by atoms with van der Waals surface area (Å²) in [7, 11) is 0. The smallest absolute Gasteiger partial charge is 0.251 e. The van der Waals surface area contributed by atoms with Gasteiger partial charge in [0.15, 0.2) is 0 Å².